The van der Waals surface area contributed by atoms with Gasteiger partial charge in [0.15, 0.2) is 0 Å². The molecule has 1 amide bonds. The second kappa shape index (κ2) is 5.64. The number of pyridine rings is 1. The molecule has 1 aliphatic carbocycles. The van der Waals surface area contributed by atoms with E-state index in [1.165, 1.54) is 23.4 Å². The number of hydrogen-bond acceptors (Lipinski definition) is 2. The molecule has 0 saturated heterocycles. The molecule has 3 nitrogen and oxygen atoms in total. The molecule has 1 heterocycles. The Balaban J connectivity index is 1.70. The van der Waals surface area contributed by atoms with Gasteiger partial charge in [0.25, 0.3) is 0 Å². The van der Waals surface area contributed by atoms with Crippen molar-refractivity contribution in [2.75, 3.05) is 5.32 Å². The number of halogens is 1. The van der Waals surface area contributed by atoms with Crippen molar-refractivity contribution < 1.29 is 9.18 Å². The number of aromatic nitrogens is 1. The number of carbonyl (C=O) groups is 1. The van der Waals surface area contributed by atoms with Crippen LogP contribution in [0.4, 0.5) is 10.1 Å². The molecule has 0 unspecified atom stereocenters. The minimum absolute atomic E-state index is 0.0719. The first-order valence-corrected chi connectivity index (χ1v) is 7.20. The number of carbonyl (C=O) groups excluding carboxylic acids is 1. The third kappa shape index (κ3) is 2.79. The number of anilines is 1. The number of nitrogens with one attached hydrogen (secondary N) is 1. The average Bonchev–Trinajstić information content (AvgIpc) is 3.30. The highest BCUT2D eigenvalue weighted by atomic mass is 19.1. The van der Waals surface area contributed by atoms with Gasteiger partial charge in [-0.3, -0.25) is 4.79 Å². The van der Waals surface area contributed by atoms with Gasteiger partial charge in [-0.25, -0.2) is 4.98 Å². The van der Waals surface area contributed by atoms with Gasteiger partial charge in [-0.05, 0) is 42.0 Å². The normalized spacial score (nSPS) is 20.1. The first-order valence-electron chi connectivity index (χ1n) is 7.20. The molecule has 21 heavy (non-hydrogen) atoms. The Hall–Kier alpha value is -2.23. The highest BCUT2D eigenvalue weighted by molar-refractivity contribution is 5.95. The van der Waals surface area contributed by atoms with Crippen LogP contribution in [-0.4, -0.2) is 10.9 Å². The summed E-state index contributed by atoms with van der Waals surface area (Å²) in [7, 11) is 0. The Morgan fingerprint density at radius 1 is 1.33 bits per heavy atom. The molecule has 0 radical (unpaired) electrons. The Kier molecular flexibility index (Phi) is 3.69. The molecule has 1 aromatic carbocycles. The number of amides is 1. The van der Waals surface area contributed by atoms with Crippen molar-refractivity contribution in [3.8, 4) is 0 Å². The zero-order valence-electron chi connectivity index (χ0n) is 11.8. The van der Waals surface area contributed by atoms with Gasteiger partial charge in [-0.1, -0.05) is 31.2 Å². The Morgan fingerprint density at radius 2 is 2.14 bits per heavy atom. The van der Waals surface area contributed by atoms with Crippen LogP contribution in [0.25, 0.3) is 0 Å². The van der Waals surface area contributed by atoms with Gasteiger partial charge < -0.3 is 5.32 Å². The molecule has 1 saturated carbocycles. The number of hydrogen-bond donors (Lipinski definition) is 1. The van der Waals surface area contributed by atoms with Crippen LogP contribution in [0.15, 0.2) is 42.6 Å². The summed E-state index contributed by atoms with van der Waals surface area (Å²) in [5, 5.41) is 2.63. The third-order valence-electron chi connectivity index (χ3n) is 3.98. The van der Waals surface area contributed by atoms with Crippen molar-refractivity contribution >= 4 is 11.6 Å². The molecule has 2 aromatic rings. The molecule has 1 aromatic heterocycles. The van der Waals surface area contributed by atoms with E-state index in [0.717, 1.165) is 12.8 Å². The van der Waals surface area contributed by atoms with Crippen LogP contribution in [0.1, 0.15) is 30.4 Å². The first kappa shape index (κ1) is 13.7. The van der Waals surface area contributed by atoms with Crippen molar-refractivity contribution in [2.45, 2.75) is 25.7 Å². The average molecular weight is 284 g/mol. The summed E-state index contributed by atoms with van der Waals surface area (Å²) in [6.45, 7) is 2.11. The molecule has 0 bridgehead atoms. The van der Waals surface area contributed by atoms with E-state index in [-0.39, 0.29) is 23.4 Å². The van der Waals surface area contributed by atoms with Crippen molar-refractivity contribution in [1.29, 1.82) is 0 Å². The Bertz CT molecular complexity index is 671. The molecule has 3 rings (SSSR count). The molecule has 2 atom stereocenters. The Morgan fingerprint density at radius 3 is 2.90 bits per heavy atom. The summed E-state index contributed by atoms with van der Waals surface area (Å²) in [5.74, 6) is -0.590. The van der Waals surface area contributed by atoms with E-state index in [1.54, 1.807) is 6.07 Å². The van der Waals surface area contributed by atoms with Crippen molar-refractivity contribution in [2.24, 2.45) is 5.92 Å². The molecule has 4 heteroatoms. The quantitative estimate of drug-likeness (QED) is 0.873. The summed E-state index contributed by atoms with van der Waals surface area (Å²) in [4.78, 5) is 15.7. The lowest BCUT2D eigenvalue weighted by Crippen LogP contribution is -2.16. The van der Waals surface area contributed by atoms with Gasteiger partial charge in [-0.15, -0.1) is 0 Å². The van der Waals surface area contributed by atoms with Gasteiger partial charge in [0.05, 0.1) is 5.69 Å². The molecule has 1 fully saturated rings. The standard InChI is InChI=1S/C17H17FN2O/c1-2-11-6-3-4-7-12(11)13-10-14(13)17(21)20-15-8-5-9-19-16(15)18/h3-9,13-14H,2,10H2,1H3,(H,20,21)/t13-,14+/m0/s1. The SMILES string of the molecule is CCc1ccccc1[C@@H]1C[C@H]1C(=O)Nc1cccnc1F. The van der Waals surface area contributed by atoms with E-state index in [4.69, 9.17) is 0 Å². The van der Waals surface area contributed by atoms with E-state index >= 15 is 0 Å². The summed E-state index contributed by atoms with van der Waals surface area (Å²) in [6.07, 6.45) is 3.14. The summed E-state index contributed by atoms with van der Waals surface area (Å²) in [5.41, 5.74) is 2.68. The van der Waals surface area contributed by atoms with Gasteiger partial charge in [-0.2, -0.15) is 4.39 Å². The minimum Gasteiger partial charge on any atom is -0.322 e. The largest absolute Gasteiger partial charge is 0.322 e. The topological polar surface area (TPSA) is 42.0 Å². The molecular weight excluding hydrogens is 267 g/mol. The van der Waals surface area contributed by atoms with Gasteiger partial charge in [0, 0.05) is 12.1 Å². The maximum Gasteiger partial charge on any atom is 0.236 e. The summed E-state index contributed by atoms with van der Waals surface area (Å²) in [6, 6.07) is 11.3. The van der Waals surface area contributed by atoms with Crippen LogP contribution in [0, 0.1) is 11.9 Å². The third-order valence-corrected chi connectivity index (χ3v) is 3.98. The van der Waals surface area contributed by atoms with Crippen LogP contribution in [0.2, 0.25) is 0 Å². The number of aryl methyl sites for hydroxylation is 1. The van der Waals surface area contributed by atoms with E-state index in [9.17, 15) is 9.18 Å². The maximum absolute atomic E-state index is 13.4. The predicted molar refractivity (Wildman–Crippen MR) is 79.5 cm³/mol. The lowest BCUT2D eigenvalue weighted by molar-refractivity contribution is -0.117. The fraction of sp³-hybridized carbons (Fsp3) is 0.294. The highest BCUT2D eigenvalue weighted by Crippen LogP contribution is 2.49. The van der Waals surface area contributed by atoms with E-state index in [0.29, 0.717) is 0 Å². The van der Waals surface area contributed by atoms with Crippen LogP contribution >= 0.6 is 0 Å². The highest BCUT2D eigenvalue weighted by Gasteiger charge is 2.44. The molecule has 0 aliphatic heterocycles. The molecule has 108 valence electrons. The summed E-state index contributed by atoms with van der Waals surface area (Å²) < 4.78 is 13.4. The van der Waals surface area contributed by atoms with Crippen molar-refractivity contribution in [3.05, 3.63) is 59.7 Å². The zero-order chi connectivity index (χ0) is 14.8. The van der Waals surface area contributed by atoms with Crippen molar-refractivity contribution in [1.82, 2.24) is 4.98 Å². The van der Waals surface area contributed by atoms with Gasteiger partial charge >= 0.3 is 0 Å². The van der Waals surface area contributed by atoms with E-state index in [2.05, 4.69) is 29.4 Å². The summed E-state index contributed by atoms with van der Waals surface area (Å²) >= 11 is 0. The molecule has 0 spiro atoms. The smallest absolute Gasteiger partial charge is 0.236 e. The Labute approximate surface area is 123 Å². The molecule has 1 N–H and O–H groups in total. The van der Waals surface area contributed by atoms with Gasteiger partial charge in [0.1, 0.15) is 0 Å². The number of rotatable bonds is 4. The fourth-order valence-electron chi connectivity index (χ4n) is 2.75. The van der Waals surface area contributed by atoms with Crippen LogP contribution in [0.3, 0.4) is 0 Å². The van der Waals surface area contributed by atoms with Crippen LogP contribution in [-0.2, 0) is 11.2 Å². The predicted octanol–water partition coefficient (Wildman–Crippen LogP) is 3.53. The monoisotopic (exact) mass is 284 g/mol. The lowest BCUT2D eigenvalue weighted by atomic mass is 10.00. The van der Waals surface area contributed by atoms with Gasteiger partial charge in [0.2, 0.25) is 11.9 Å². The van der Waals surface area contributed by atoms with Crippen LogP contribution < -0.4 is 5.32 Å². The molecular formula is C17H17FN2O. The van der Waals surface area contributed by atoms with E-state index in [1.807, 2.05) is 12.1 Å². The minimum atomic E-state index is -0.642. The first-order chi connectivity index (χ1) is 10.2. The second-order valence-corrected chi connectivity index (χ2v) is 5.33. The maximum atomic E-state index is 13.4. The van der Waals surface area contributed by atoms with E-state index < -0.39 is 5.95 Å². The zero-order valence-corrected chi connectivity index (χ0v) is 11.8. The number of benzene rings is 1. The van der Waals surface area contributed by atoms with Crippen LogP contribution in [0.5, 0.6) is 0 Å². The lowest BCUT2D eigenvalue weighted by Gasteiger charge is -2.08. The van der Waals surface area contributed by atoms with Crippen molar-refractivity contribution in [3.63, 3.8) is 0 Å². The fourth-order valence-corrected chi connectivity index (χ4v) is 2.75. The second-order valence-electron chi connectivity index (χ2n) is 5.33. The number of nitrogens with zero attached hydrogens (tertiary/aromatic N) is 1. The molecule has 1 aliphatic rings.